The van der Waals surface area contributed by atoms with E-state index in [0.29, 0.717) is 12.1 Å². The van der Waals surface area contributed by atoms with Crippen LogP contribution in [-0.4, -0.2) is 28.0 Å². The number of benzene rings is 1. The first-order valence-electron chi connectivity index (χ1n) is 6.81. The van der Waals surface area contributed by atoms with Crippen LogP contribution in [-0.2, 0) is 0 Å². The van der Waals surface area contributed by atoms with E-state index in [0.717, 1.165) is 23.9 Å². The van der Waals surface area contributed by atoms with Gasteiger partial charge >= 0.3 is 0 Å². The van der Waals surface area contributed by atoms with E-state index in [2.05, 4.69) is 15.3 Å². The second-order valence-electron chi connectivity index (χ2n) is 5.17. The third-order valence-electron chi connectivity index (χ3n) is 3.62. The second-order valence-corrected chi connectivity index (χ2v) is 5.17. The highest BCUT2D eigenvalue weighted by molar-refractivity contribution is 5.97. The molecule has 0 spiro atoms. The standard InChI is InChI=1S/C15H20N4O/c1-3-15(2,6-7-16)19-14(20)11-4-5-12-13(10-11)18-9-8-17-12/h4-5,8-10H,3,6-7,16H2,1-2H3,(H,19,20). The number of carbonyl (C=O) groups excluding carboxylic acids is 1. The molecule has 1 unspecified atom stereocenters. The average Bonchev–Trinajstić information content (AvgIpc) is 2.47. The van der Waals surface area contributed by atoms with Crippen LogP contribution in [0.3, 0.4) is 0 Å². The molecule has 20 heavy (non-hydrogen) atoms. The molecule has 0 aliphatic carbocycles. The van der Waals surface area contributed by atoms with Gasteiger partial charge in [-0.25, -0.2) is 0 Å². The molecule has 0 aliphatic rings. The van der Waals surface area contributed by atoms with Crippen LogP contribution < -0.4 is 11.1 Å². The number of nitrogens with one attached hydrogen (secondary N) is 1. The van der Waals surface area contributed by atoms with E-state index in [1.54, 1.807) is 24.5 Å². The Labute approximate surface area is 118 Å². The van der Waals surface area contributed by atoms with Gasteiger partial charge in [-0.1, -0.05) is 6.92 Å². The monoisotopic (exact) mass is 272 g/mol. The number of nitrogens with zero attached hydrogens (tertiary/aromatic N) is 2. The van der Waals surface area contributed by atoms with E-state index >= 15 is 0 Å². The minimum atomic E-state index is -0.275. The maximum atomic E-state index is 12.3. The smallest absolute Gasteiger partial charge is 0.251 e. The predicted octanol–water partition coefficient (Wildman–Crippen LogP) is 1.88. The fourth-order valence-electron chi connectivity index (χ4n) is 2.10. The molecule has 1 atom stereocenters. The second kappa shape index (κ2) is 5.96. The highest BCUT2D eigenvalue weighted by Gasteiger charge is 2.24. The summed E-state index contributed by atoms with van der Waals surface area (Å²) in [5, 5.41) is 3.06. The Hall–Kier alpha value is -2.01. The van der Waals surface area contributed by atoms with Gasteiger partial charge in [-0.15, -0.1) is 0 Å². The molecule has 1 aromatic carbocycles. The van der Waals surface area contributed by atoms with Gasteiger partial charge in [0.2, 0.25) is 0 Å². The summed E-state index contributed by atoms with van der Waals surface area (Å²) in [5.41, 5.74) is 7.43. The lowest BCUT2D eigenvalue weighted by Crippen LogP contribution is -2.46. The molecule has 0 fully saturated rings. The molecule has 1 aromatic heterocycles. The first kappa shape index (κ1) is 14.4. The van der Waals surface area contributed by atoms with Gasteiger partial charge in [0.15, 0.2) is 0 Å². The maximum Gasteiger partial charge on any atom is 0.251 e. The zero-order valence-corrected chi connectivity index (χ0v) is 11.9. The van der Waals surface area contributed by atoms with Crippen molar-refractivity contribution in [2.45, 2.75) is 32.2 Å². The van der Waals surface area contributed by atoms with Crippen molar-refractivity contribution in [3.63, 3.8) is 0 Å². The normalized spacial score (nSPS) is 13.9. The van der Waals surface area contributed by atoms with Crippen LogP contribution in [0, 0.1) is 0 Å². The summed E-state index contributed by atoms with van der Waals surface area (Å²) in [7, 11) is 0. The highest BCUT2D eigenvalue weighted by Crippen LogP contribution is 2.16. The van der Waals surface area contributed by atoms with E-state index in [9.17, 15) is 4.79 Å². The fourth-order valence-corrected chi connectivity index (χ4v) is 2.10. The number of nitrogens with two attached hydrogens (primary N) is 1. The summed E-state index contributed by atoms with van der Waals surface area (Å²) in [6.45, 7) is 4.61. The molecule has 0 saturated carbocycles. The summed E-state index contributed by atoms with van der Waals surface area (Å²) >= 11 is 0. The Morgan fingerprint density at radius 1 is 1.30 bits per heavy atom. The minimum Gasteiger partial charge on any atom is -0.347 e. The van der Waals surface area contributed by atoms with Gasteiger partial charge in [-0.3, -0.25) is 14.8 Å². The van der Waals surface area contributed by atoms with Crippen molar-refractivity contribution in [3.8, 4) is 0 Å². The van der Waals surface area contributed by atoms with Crippen molar-refractivity contribution >= 4 is 16.9 Å². The van der Waals surface area contributed by atoms with E-state index in [1.165, 1.54) is 0 Å². The Morgan fingerprint density at radius 2 is 2.00 bits per heavy atom. The van der Waals surface area contributed by atoms with Gasteiger partial charge in [0.25, 0.3) is 5.91 Å². The number of fused-ring (bicyclic) bond motifs is 1. The fraction of sp³-hybridized carbons (Fsp3) is 0.400. The number of carbonyl (C=O) groups is 1. The molecule has 2 rings (SSSR count). The van der Waals surface area contributed by atoms with E-state index in [-0.39, 0.29) is 11.4 Å². The number of hydrogen-bond donors (Lipinski definition) is 2. The number of rotatable bonds is 5. The average molecular weight is 272 g/mol. The maximum absolute atomic E-state index is 12.3. The van der Waals surface area contributed by atoms with Crippen molar-refractivity contribution in [1.82, 2.24) is 15.3 Å². The number of hydrogen-bond acceptors (Lipinski definition) is 4. The van der Waals surface area contributed by atoms with Gasteiger partial charge in [0, 0.05) is 23.5 Å². The SMILES string of the molecule is CCC(C)(CCN)NC(=O)c1ccc2nccnc2c1. The van der Waals surface area contributed by atoms with E-state index < -0.39 is 0 Å². The summed E-state index contributed by atoms with van der Waals surface area (Å²) in [6.07, 6.45) is 4.85. The first-order chi connectivity index (χ1) is 9.58. The Morgan fingerprint density at radius 3 is 2.65 bits per heavy atom. The molecule has 5 nitrogen and oxygen atoms in total. The third kappa shape index (κ3) is 3.11. The molecule has 2 aromatic rings. The minimum absolute atomic E-state index is 0.102. The van der Waals surface area contributed by atoms with Gasteiger partial charge in [0.1, 0.15) is 0 Å². The lowest BCUT2D eigenvalue weighted by molar-refractivity contribution is 0.0900. The van der Waals surface area contributed by atoms with Crippen LogP contribution in [0.5, 0.6) is 0 Å². The zero-order valence-electron chi connectivity index (χ0n) is 11.9. The Kier molecular flexibility index (Phi) is 4.29. The van der Waals surface area contributed by atoms with Crippen molar-refractivity contribution in [1.29, 1.82) is 0 Å². The first-order valence-corrected chi connectivity index (χ1v) is 6.81. The van der Waals surface area contributed by atoms with Crippen LogP contribution in [0.4, 0.5) is 0 Å². The molecule has 106 valence electrons. The highest BCUT2D eigenvalue weighted by atomic mass is 16.1. The lowest BCUT2D eigenvalue weighted by Gasteiger charge is -2.29. The molecule has 0 aliphatic heterocycles. The molecule has 1 amide bonds. The molecular formula is C15H20N4O. The molecule has 0 radical (unpaired) electrons. The number of aromatic nitrogens is 2. The summed E-state index contributed by atoms with van der Waals surface area (Å²) in [6, 6.07) is 5.34. The van der Waals surface area contributed by atoms with Gasteiger partial charge in [0.05, 0.1) is 11.0 Å². The van der Waals surface area contributed by atoms with Gasteiger partial charge in [-0.05, 0) is 44.5 Å². The van der Waals surface area contributed by atoms with Crippen LogP contribution >= 0.6 is 0 Å². The Bertz CT molecular complexity index is 614. The lowest BCUT2D eigenvalue weighted by atomic mass is 9.94. The predicted molar refractivity (Wildman–Crippen MR) is 79.4 cm³/mol. The largest absolute Gasteiger partial charge is 0.347 e. The van der Waals surface area contributed by atoms with Crippen molar-refractivity contribution in [2.75, 3.05) is 6.54 Å². The molecule has 0 saturated heterocycles. The van der Waals surface area contributed by atoms with Crippen LogP contribution in [0.1, 0.15) is 37.0 Å². The van der Waals surface area contributed by atoms with Crippen molar-refractivity contribution < 1.29 is 4.79 Å². The van der Waals surface area contributed by atoms with Crippen LogP contribution in [0.15, 0.2) is 30.6 Å². The van der Waals surface area contributed by atoms with Gasteiger partial charge < -0.3 is 11.1 Å². The molecular weight excluding hydrogens is 252 g/mol. The Balaban J connectivity index is 2.22. The topological polar surface area (TPSA) is 80.9 Å². The van der Waals surface area contributed by atoms with E-state index in [1.807, 2.05) is 19.9 Å². The van der Waals surface area contributed by atoms with E-state index in [4.69, 9.17) is 5.73 Å². The molecule has 0 bridgehead atoms. The molecule has 3 N–H and O–H groups in total. The number of amides is 1. The molecule has 5 heteroatoms. The van der Waals surface area contributed by atoms with Crippen molar-refractivity contribution in [3.05, 3.63) is 36.2 Å². The van der Waals surface area contributed by atoms with Crippen molar-refractivity contribution in [2.24, 2.45) is 5.73 Å². The summed E-state index contributed by atoms with van der Waals surface area (Å²) < 4.78 is 0. The summed E-state index contributed by atoms with van der Waals surface area (Å²) in [4.78, 5) is 20.7. The quantitative estimate of drug-likeness (QED) is 0.870. The summed E-state index contributed by atoms with van der Waals surface area (Å²) in [5.74, 6) is -0.102. The molecule has 1 heterocycles. The van der Waals surface area contributed by atoms with Crippen LogP contribution in [0.2, 0.25) is 0 Å². The van der Waals surface area contributed by atoms with Gasteiger partial charge in [-0.2, -0.15) is 0 Å². The van der Waals surface area contributed by atoms with Crippen LogP contribution in [0.25, 0.3) is 11.0 Å². The zero-order chi connectivity index (χ0) is 14.6. The third-order valence-corrected chi connectivity index (χ3v) is 3.62.